The molecular weight excluding hydrogens is 194 g/mol. The van der Waals surface area contributed by atoms with Gasteiger partial charge in [-0.2, -0.15) is 0 Å². The van der Waals surface area contributed by atoms with Crippen LogP contribution in [-0.4, -0.2) is 28.5 Å². The SMILES string of the molecule is NCc1cnc(N2CCC2C(N)=O)cn1. The minimum absolute atomic E-state index is 0.233. The highest BCUT2D eigenvalue weighted by atomic mass is 16.1. The average Bonchev–Trinajstić information content (AvgIpc) is 2.16. The third kappa shape index (κ3) is 1.75. The first-order valence-corrected chi connectivity index (χ1v) is 4.79. The predicted molar refractivity (Wildman–Crippen MR) is 54.9 cm³/mol. The quantitative estimate of drug-likeness (QED) is 0.662. The number of aromatic nitrogens is 2. The van der Waals surface area contributed by atoms with Gasteiger partial charge in [0.25, 0.3) is 0 Å². The minimum atomic E-state index is -0.314. The summed E-state index contributed by atoms with van der Waals surface area (Å²) in [4.78, 5) is 21.1. The molecule has 0 saturated carbocycles. The molecule has 0 aliphatic carbocycles. The van der Waals surface area contributed by atoms with Gasteiger partial charge in [-0.1, -0.05) is 0 Å². The maximum absolute atomic E-state index is 11.0. The summed E-state index contributed by atoms with van der Waals surface area (Å²) < 4.78 is 0. The summed E-state index contributed by atoms with van der Waals surface area (Å²) in [7, 11) is 0. The maximum atomic E-state index is 11.0. The maximum Gasteiger partial charge on any atom is 0.240 e. The summed E-state index contributed by atoms with van der Waals surface area (Å²) in [5.41, 5.74) is 11.4. The van der Waals surface area contributed by atoms with Crippen molar-refractivity contribution >= 4 is 11.7 Å². The second-order valence-corrected chi connectivity index (χ2v) is 3.47. The van der Waals surface area contributed by atoms with Gasteiger partial charge in [0.2, 0.25) is 5.91 Å². The molecular formula is C9H13N5O. The van der Waals surface area contributed by atoms with Gasteiger partial charge < -0.3 is 16.4 Å². The molecule has 15 heavy (non-hydrogen) atoms. The van der Waals surface area contributed by atoms with E-state index in [1.54, 1.807) is 12.4 Å². The van der Waals surface area contributed by atoms with Crippen molar-refractivity contribution in [1.82, 2.24) is 9.97 Å². The lowest BCUT2D eigenvalue weighted by Crippen LogP contribution is -2.55. The van der Waals surface area contributed by atoms with E-state index in [1.807, 2.05) is 4.90 Å². The molecule has 0 aromatic carbocycles. The van der Waals surface area contributed by atoms with Crippen LogP contribution in [0.1, 0.15) is 12.1 Å². The fourth-order valence-corrected chi connectivity index (χ4v) is 1.56. The Morgan fingerprint density at radius 3 is 2.73 bits per heavy atom. The van der Waals surface area contributed by atoms with E-state index in [0.717, 1.165) is 18.7 Å². The van der Waals surface area contributed by atoms with Gasteiger partial charge in [-0.05, 0) is 6.42 Å². The summed E-state index contributed by atoms with van der Waals surface area (Å²) in [6.07, 6.45) is 4.03. The molecule has 2 rings (SSSR count). The Balaban J connectivity index is 2.13. The number of amides is 1. The summed E-state index contributed by atoms with van der Waals surface area (Å²) in [5, 5.41) is 0. The van der Waals surface area contributed by atoms with Crippen molar-refractivity contribution in [3.8, 4) is 0 Å². The van der Waals surface area contributed by atoms with Crippen molar-refractivity contribution in [2.24, 2.45) is 11.5 Å². The molecule has 4 N–H and O–H groups in total. The Hall–Kier alpha value is -1.69. The molecule has 6 heteroatoms. The third-order valence-electron chi connectivity index (χ3n) is 2.54. The van der Waals surface area contributed by atoms with Crippen molar-refractivity contribution in [3.63, 3.8) is 0 Å². The standard InChI is InChI=1S/C9H13N5O/c10-3-6-4-13-8(5-12-6)14-2-1-7(14)9(11)15/h4-5,7H,1-3,10H2,(H2,11,15). The predicted octanol–water partition coefficient (Wildman–Crippen LogP) is -1.00. The molecule has 1 atom stereocenters. The molecule has 1 aromatic rings. The zero-order valence-corrected chi connectivity index (χ0v) is 8.26. The largest absolute Gasteiger partial charge is 0.368 e. The number of primary amides is 1. The van der Waals surface area contributed by atoms with E-state index in [0.29, 0.717) is 12.4 Å². The van der Waals surface area contributed by atoms with E-state index in [-0.39, 0.29) is 11.9 Å². The van der Waals surface area contributed by atoms with Gasteiger partial charge in [0, 0.05) is 13.1 Å². The van der Waals surface area contributed by atoms with Crippen LogP contribution in [0.5, 0.6) is 0 Å². The minimum Gasteiger partial charge on any atom is -0.368 e. The molecule has 0 radical (unpaired) electrons. The van der Waals surface area contributed by atoms with E-state index in [2.05, 4.69) is 9.97 Å². The summed E-state index contributed by atoms with van der Waals surface area (Å²) >= 11 is 0. The number of carbonyl (C=O) groups excluding carboxylic acids is 1. The average molecular weight is 207 g/mol. The number of hydrogen-bond acceptors (Lipinski definition) is 5. The first kappa shape index (κ1) is 9.85. The zero-order valence-electron chi connectivity index (χ0n) is 8.26. The number of nitrogens with zero attached hydrogens (tertiary/aromatic N) is 3. The Morgan fingerprint density at radius 1 is 1.53 bits per heavy atom. The second-order valence-electron chi connectivity index (χ2n) is 3.47. The fraction of sp³-hybridized carbons (Fsp3) is 0.444. The molecule has 0 bridgehead atoms. The highest BCUT2D eigenvalue weighted by Gasteiger charge is 2.33. The Morgan fingerprint density at radius 2 is 2.33 bits per heavy atom. The van der Waals surface area contributed by atoms with Gasteiger partial charge in [0.15, 0.2) is 0 Å². The Labute approximate surface area is 87.3 Å². The Kier molecular flexibility index (Phi) is 2.51. The van der Waals surface area contributed by atoms with E-state index in [9.17, 15) is 4.79 Å². The number of anilines is 1. The lowest BCUT2D eigenvalue weighted by molar-refractivity contribution is -0.120. The normalized spacial score (nSPS) is 19.8. The Bertz CT molecular complexity index is 363. The van der Waals surface area contributed by atoms with E-state index in [1.165, 1.54) is 0 Å². The van der Waals surface area contributed by atoms with Crippen LogP contribution in [0.25, 0.3) is 0 Å². The van der Waals surface area contributed by atoms with Gasteiger partial charge in [-0.15, -0.1) is 0 Å². The van der Waals surface area contributed by atoms with E-state index >= 15 is 0 Å². The van der Waals surface area contributed by atoms with Crippen molar-refractivity contribution in [2.75, 3.05) is 11.4 Å². The summed E-state index contributed by atoms with van der Waals surface area (Å²) in [6, 6.07) is -0.233. The molecule has 1 aliphatic heterocycles. The van der Waals surface area contributed by atoms with Gasteiger partial charge in [-0.25, -0.2) is 4.98 Å². The number of nitrogens with two attached hydrogens (primary N) is 2. The molecule has 2 heterocycles. The van der Waals surface area contributed by atoms with Crippen molar-refractivity contribution in [3.05, 3.63) is 18.1 Å². The van der Waals surface area contributed by atoms with Gasteiger partial charge >= 0.3 is 0 Å². The highest BCUT2D eigenvalue weighted by Crippen LogP contribution is 2.23. The molecule has 1 fully saturated rings. The van der Waals surface area contributed by atoms with Crippen molar-refractivity contribution in [2.45, 2.75) is 19.0 Å². The highest BCUT2D eigenvalue weighted by molar-refractivity contribution is 5.84. The van der Waals surface area contributed by atoms with Crippen LogP contribution in [0.15, 0.2) is 12.4 Å². The zero-order chi connectivity index (χ0) is 10.8. The van der Waals surface area contributed by atoms with Crippen LogP contribution >= 0.6 is 0 Å². The first-order chi connectivity index (χ1) is 7.22. The van der Waals surface area contributed by atoms with Crippen LogP contribution < -0.4 is 16.4 Å². The van der Waals surface area contributed by atoms with Crippen LogP contribution in [-0.2, 0) is 11.3 Å². The topological polar surface area (TPSA) is 98.1 Å². The molecule has 1 aliphatic rings. The van der Waals surface area contributed by atoms with Crippen LogP contribution in [0, 0.1) is 0 Å². The van der Waals surface area contributed by atoms with Crippen LogP contribution in [0.4, 0.5) is 5.82 Å². The van der Waals surface area contributed by atoms with Crippen molar-refractivity contribution in [1.29, 1.82) is 0 Å². The lowest BCUT2D eigenvalue weighted by atomic mass is 10.0. The molecule has 80 valence electrons. The number of rotatable bonds is 3. The molecule has 1 amide bonds. The molecule has 0 spiro atoms. The molecule has 1 aromatic heterocycles. The van der Waals surface area contributed by atoms with Gasteiger partial charge in [0.05, 0.1) is 18.1 Å². The van der Waals surface area contributed by atoms with Crippen molar-refractivity contribution < 1.29 is 4.79 Å². The van der Waals surface area contributed by atoms with Crippen LogP contribution in [0.3, 0.4) is 0 Å². The smallest absolute Gasteiger partial charge is 0.240 e. The van der Waals surface area contributed by atoms with Gasteiger partial charge in [0.1, 0.15) is 11.9 Å². The third-order valence-corrected chi connectivity index (χ3v) is 2.54. The molecule has 1 saturated heterocycles. The fourth-order valence-electron chi connectivity index (χ4n) is 1.56. The van der Waals surface area contributed by atoms with Crippen LogP contribution in [0.2, 0.25) is 0 Å². The van der Waals surface area contributed by atoms with Gasteiger partial charge in [-0.3, -0.25) is 9.78 Å². The summed E-state index contributed by atoms with van der Waals surface area (Å²) in [6.45, 7) is 1.16. The second kappa shape index (κ2) is 3.82. The monoisotopic (exact) mass is 207 g/mol. The summed E-state index contributed by atoms with van der Waals surface area (Å²) in [5.74, 6) is 0.369. The first-order valence-electron chi connectivity index (χ1n) is 4.79. The number of carbonyl (C=O) groups is 1. The van der Waals surface area contributed by atoms with E-state index < -0.39 is 0 Å². The lowest BCUT2D eigenvalue weighted by Gasteiger charge is -2.39. The number of hydrogen-bond donors (Lipinski definition) is 2. The van der Waals surface area contributed by atoms with E-state index in [4.69, 9.17) is 11.5 Å². The molecule has 6 nitrogen and oxygen atoms in total. The molecule has 1 unspecified atom stereocenters.